The molecule has 0 saturated heterocycles. The van der Waals surface area contributed by atoms with E-state index in [1.165, 1.54) is 6.92 Å². The minimum Gasteiger partial charge on any atom is -0.478 e. The highest BCUT2D eigenvalue weighted by atomic mass is 16.5. The monoisotopic (exact) mass is 502 g/mol. The molecule has 0 aromatic heterocycles. The van der Waals surface area contributed by atoms with Gasteiger partial charge in [0.2, 0.25) is 11.8 Å². The zero-order valence-corrected chi connectivity index (χ0v) is 22.1. The molecule has 200 valence electrons. The van der Waals surface area contributed by atoms with Gasteiger partial charge in [0, 0.05) is 30.9 Å². The maximum Gasteiger partial charge on any atom is 0.312 e. The fourth-order valence-electron chi connectivity index (χ4n) is 6.41. The molecule has 0 heterocycles. The Bertz CT molecular complexity index is 925. The Hall–Kier alpha value is -3.04. The number of nitrogens with two attached hydrogens (primary N) is 1. The van der Waals surface area contributed by atoms with Crippen LogP contribution in [0.4, 0.5) is 4.79 Å². The fourth-order valence-corrected chi connectivity index (χ4v) is 6.41. The molecule has 4 rings (SSSR count). The van der Waals surface area contributed by atoms with E-state index in [0.29, 0.717) is 12.5 Å². The molecule has 10 nitrogen and oxygen atoms in total. The summed E-state index contributed by atoms with van der Waals surface area (Å²) in [6.45, 7) is 9.52. The predicted molar refractivity (Wildman–Crippen MR) is 138 cm³/mol. The van der Waals surface area contributed by atoms with Crippen molar-refractivity contribution in [2.24, 2.45) is 29.4 Å². The van der Waals surface area contributed by atoms with E-state index in [9.17, 15) is 14.4 Å². The number of hydrogen-bond donors (Lipinski definition) is 6. The van der Waals surface area contributed by atoms with Crippen LogP contribution in [0.15, 0.2) is 23.7 Å². The quantitative estimate of drug-likeness (QED) is 0.145. The van der Waals surface area contributed by atoms with Crippen molar-refractivity contribution >= 4 is 24.1 Å². The zero-order valence-electron chi connectivity index (χ0n) is 22.1. The molecule has 7 N–H and O–H groups in total. The van der Waals surface area contributed by atoms with Gasteiger partial charge in [0.25, 0.3) is 5.91 Å². The lowest BCUT2D eigenvalue weighted by atomic mass is 9.51. The van der Waals surface area contributed by atoms with E-state index in [-0.39, 0.29) is 52.6 Å². The minimum atomic E-state index is -0.607. The van der Waals surface area contributed by atoms with Crippen molar-refractivity contribution in [1.29, 1.82) is 5.41 Å². The second-order valence-corrected chi connectivity index (χ2v) is 11.7. The Morgan fingerprint density at radius 2 is 1.81 bits per heavy atom. The van der Waals surface area contributed by atoms with Crippen molar-refractivity contribution < 1.29 is 19.1 Å². The van der Waals surface area contributed by atoms with Crippen molar-refractivity contribution in [3.05, 3.63) is 23.7 Å². The van der Waals surface area contributed by atoms with Gasteiger partial charge in [-0.25, -0.2) is 4.79 Å². The van der Waals surface area contributed by atoms with Crippen molar-refractivity contribution in [3.63, 3.8) is 0 Å². The number of carbonyl (C=O) groups is 3. The molecule has 10 heteroatoms. The van der Waals surface area contributed by atoms with E-state index in [0.717, 1.165) is 38.3 Å². The van der Waals surface area contributed by atoms with Crippen LogP contribution in [0.25, 0.3) is 0 Å². The van der Waals surface area contributed by atoms with Gasteiger partial charge >= 0.3 is 6.03 Å². The lowest BCUT2D eigenvalue weighted by molar-refractivity contribution is -0.122. The van der Waals surface area contributed by atoms with E-state index in [4.69, 9.17) is 15.9 Å². The predicted octanol–water partition coefficient (Wildman–Crippen LogP) is 2.27. The van der Waals surface area contributed by atoms with Gasteiger partial charge in [0.15, 0.2) is 0 Å². The second-order valence-electron chi connectivity index (χ2n) is 11.7. The molecule has 4 aliphatic carbocycles. The highest BCUT2D eigenvalue weighted by Gasteiger charge is 2.56. The summed E-state index contributed by atoms with van der Waals surface area (Å²) >= 11 is 0. The summed E-state index contributed by atoms with van der Waals surface area (Å²) in [6.07, 6.45) is 8.97. The first kappa shape index (κ1) is 27.5. The summed E-state index contributed by atoms with van der Waals surface area (Å²) in [7, 11) is 0. The normalized spacial score (nSPS) is 29.5. The van der Waals surface area contributed by atoms with Crippen LogP contribution in [0.2, 0.25) is 0 Å². The molecule has 4 saturated carbocycles. The van der Waals surface area contributed by atoms with Crippen molar-refractivity contribution in [2.45, 2.75) is 83.8 Å². The molecule has 36 heavy (non-hydrogen) atoms. The summed E-state index contributed by atoms with van der Waals surface area (Å²) in [5, 5.41) is 20.0. The van der Waals surface area contributed by atoms with Crippen LogP contribution in [0.3, 0.4) is 0 Å². The van der Waals surface area contributed by atoms with E-state index in [1.54, 1.807) is 12.3 Å². The number of urea groups is 1. The van der Waals surface area contributed by atoms with E-state index in [2.05, 4.69) is 21.3 Å². The Morgan fingerprint density at radius 3 is 2.33 bits per heavy atom. The highest BCUT2D eigenvalue weighted by Crippen LogP contribution is 2.55. The first-order valence-corrected chi connectivity index (χ1v) is 12.8. The highest BCUT2D eigenvalue weighted by molar-refractivity contribution is 6.11. The van der Waals surface area contributed by atoms with Crippen LogP contribution in [-0.4, -0.2) is 47.8 Å². The van der Waals surface area contributed by atoms with E-state index in [1.807, 2.05) is 27.7 Å². The molecule has 4 fully saturated rings. The summed E-state index contributed by atoms with van der Waals surface area (Å²) in [5.41, 5.74) is 4.70. The molecule has 2 unspecified atom stereocenters. The van der Waals surface area contributed by atoms with Crippen LogP contribution in [-0.2, 0) is 14.3 Å². The molecular weight excluding hydrogens is 460 g/mol. The molecule has 0 aromatic rings. The van der Waals surface area contributed by atoms with Crippen molar-refractivity contribution in [1.82, 2.24) is 21.3 Å². The smallest absolute Gasteiger partial charge is 0.312 e. The number of nitrogens with one attached hydrogen (secondary N) is 5. The lowest BCUT2D eigenvalue weighted by Gasteiger charge is -2.60. The molecule has 0 radical (unpaired) electrons. The third-order valence-corrected chi connectivity index (χ3v) is 7.37. The summed E-state index contributed by atoms with van der Waals surface area (Å²) in [6, 6.07) is -0.508. The van der Waals surface area contributed by atoms with Crippen LogP contribution in [0, 0.1) is 29.1 Å². The van der Waals surface area contributed by atoms with Gasteiger partial charge in [-0.1, -0.05) is 13.8 Å². The number of primary amides is 1. The largest absolute Gasteiger partial charge is 0.478 e. The molecular formula is C26H42N6O4. The average molecular weight is 503 g/mol. The van der Waals surface area contributed by atoms with Crippen LogP contribution in [0.5, 0.6) is 0 Å². The first-order chi connectivity index (χ1) is 16.8. The van der Waals surface area contributed by atoms with Gasteiger partial charge in [-0.05, 0) is 75.7 Å². The van der Waals surface area contributed by atoms with Gasteiger partial charge in [-0.3, -0.25) is 9.59 Å². The first-order valence-electron chi connectivity index (χ1n) is 12.8. The minimum absolute atomic E-state index is 0.0209. The fraction of sp³-hybridized carbons (Fsp3) is 0.692. The average Bonchev–Trinajstić information content (AvgIpc) is 2.72. The number of amides is 4. The van der Waals surface area contributed by atoms with Gasteiger partial charge in [-0.2, -0.15) is 0 Å². The molecule has 4 aliphatic rings. The van der Waals surface area contributed by atoms with Gasteiger partial charge < -0.3 is 37.1 Å². The number of rotatable bonds is 11. The van der Waals surface area contributed by atoms with E-state index >= 15 is 0 Å². The number of hydrogen-bond acceptors (Lipinski definition) is 6. The molecule has 4 amide bonds. The van der Waals surface area contributed by atoms with Crippen LogP contribution in [0.1, 0.15) is 66.7 Å². The van der Waals surface area contributed by atoms with Gasteiger partial charge in [-0.15, -0.1) is 0 Å². The van der Waals surface area contributed by atoms with Crippen LogP contribution >= 0.6 is 0 Å². The maximum absolute atomic E-state index is 13.4. The lowest BCUT2D eigenvalue weighted by Crippen LogP contribution is -2.67. The Labute approximate surface area is 213 Å². The molecule has 0 aromatic carbocycles. The second kappa shape index (κ2) is 10.9. The standard InChI is InChI=1S/C26H42N6O4/c1-15(2)14-36-23(29-7-6-25(4,5)31-16(3)33)20(13-27)22(34)30-21-18-8-17-9-19(21)12-26(10-17,11-18)32-24(28)35/h6-7,13,15,17-19,21,27,29H,8-12,14H2,1-5H3,(H,30,34)(H,31,33)(H3,28,32,35)/b7-6+,23-20-,27-13?/t17?,18?,19?,21-,26-. The summed E-state index contributed by atoms with van der Waals surface area (Å²) in [5.74, 6) is 0.941. The molecule has 4 bridgehead atoms. The third-order valence-electron chi connectivity index (χ3n) is 7.37. The third kappa shape index (κ3) is 6.79. The molecule has 2 atom stereocenters. The van der Waals surface area contributed by atoms with Crippen molar-refractivity contribution in [3.8, 4) is 0 Å². The van der Waals surface area contributed by atoms with Gasteiger partial charge in [0.05, 0.1) is 12.1 Å². The number of ether oxygens (including phenoxy) is 1. The van der Waals surface area contributed by atoms with Gasteiger partial charge in [0.1, 0.15) is 5.57 Å². The van der Waals surface area contributed by atoms with E-state index < -0.39 is 11.6 Å². The Balaban J connectivity index is 1.76. The SMILES string of the molecule is CC(=O)NC(C)(C)/C=C/N/C(OCC(C)C)=C(\C=N)C(=O)N[C@H]1C2CC3CC1C[C@](NC(N)=O)(C3)C2. The van der Waals surface area contributed by atoms with Crippen molar-refractivity contribution in [2.75, 3.05) is 6.61 Å². The maximum atomic E-state index is 13.4. The summed E-state index contributed by atoms with van der Waals surface area (Å²) in [4.78, 5) is 36.5. The summed E-state index contributed by atoms with van der Waals surface area (Å²) < 4.78 is 5.90. The van der Waals surface area contributed by atoms with Crippen LogP contribution < -0.4 is 27.0 Å². The molecule has 0 aliphatic heterocycles. The zero-order chi connectivity index (χ0) is 26.7. The molecule has 0 spiro atoms. The Morgan fingerprint density at radius 1 is 1.17 bits per heavy atom. The number of carbonyl (C=O) groups excluding carboxylic acids is 3. The topological polar surface area (TPSA) is 158 Å². The Kier molecular flexibility index (Phi) is 8.36.